The summed E-state index contributed by atoms with van der Waals surface area (Å²) in [5.41, 5.74) is 1.38. The lowest BCUT2D eigenvalue weighted by Crippen LogP contribution is -2.78. The quantitative estimate of drug-likeness (QED) is 0.864. The van der Waals surface area contributed by atoms with E-state index >= 15 is 0 Å². The van der Waals surface area contributed by atoms with Crippen LogP contribution in [0.4, 0.5) is 0 Å². The fourth-order valence-electron chi connectivity index (χ4n) is 4.21. The minimum atomic E-state index is -2.14. The van der Waals surface area contributed by atoms with Gasteiger partial charge in [0.2, 0.25) is 0 Å². The van der Waals surface area contributed by atoms with E-state index in [1.807, 2.05) is 6.07 Å². The average Bonchev–Trinajstić information content (AvgIpc) is 2.60. The molecule has 1 atom stereocenters. The predicted octanol–water partition coefficient (Wildman–Crippen LogP) is 2.01. The molecule has 0 fully saturated rings. The van der Waals surface area contributed by atoms with Crippen molar-refractivity contribution in [3.8, 4) is 5.75 Å². The summed E-state index contributed by atoms with van der Waals surface area (Å²) < 4.78 is 5.73. The Morgan fingerprint density at radius 3 is 2.38 bits per heavy atom. The lowest BCUT2D eigenvalue weighted by molar-refractivity contribution is 0.129. The van der Waals surface area contributed by atoms with Crippen molar-refractivity contribution >= 4 is 18.4 Å². The van der Waals surface area contributed by atoms with Crippen LogP contribution in [0.5, 0.6) is 5.75 Å². The van der Waals surface area contributed by atoms with Crippen molar-refractivity contribution in [2.45, 2.75) is 32.1 Å². The van der Waals surface area contributed by atoms with E-state index in [-0.39, 0.29) is 11.8 Å². The molecule has 0 aromatic heterocycles. The molecule has 1 heterocycles. The van der Waals surface area contributed by atoms with Crippen LogP contribution < -0.4 is 15.1 Å². The topological polar surface area (TPSA) is 32.7 Å². The van der Waals surface area contributed by atoms with Crippen molar-refractivity contribution in [3.05, 3.63) is 54.1 Å². The minimum absolute atomic E-state index is 0.0291. The van der Waals surface area contributed by atoms with Crippen LogP contribution >= 0.6 is 0 Å². The summed E-state index contributed by atoms with van der Waals surface area (Å²) in [6, 6.07) is 17.2. The minimum Gasteiger partial charge on any atom is -0.497 e. The average molecular weight is 342 g/mol. The maximum absolute atomic E-state index is 9.59. The summed E-state index contributed by atoms with van der Waals surface area (Å²) in [5, 5.41) is 12.4. The molecule has 0 amide bonds. The second kappa shape index (κ2) is 6.35. The number of ether oxygens (including phenoxy) is 1. The van der Waals surface area contributed by atoms with E-state index in [9.17, 15) is 5.11 Å². The third-order valence-electron chi connectivity index (χ3n) is 5.95. The van der Waals surface area contributed by atoms with Crippen molar-refractivity contribution in [2.24, 2.45) is 0 Å². The molecule has 0 radical (unpaired) electrons. The molecular weight excluding hydrogens is 314 g/mol. The Bertz CT molecular complexity index is 731. The first-order valence-corrected chi connectivity index (χ1v) is 11.0. The molecule has 1 N–H and O–H groups in total. The zero-order valence-electron chi connectivity index (χ0n) is 15.0. The summed E-state index contributed by atoms with van der Waals surface area (Å²) in [6.07, 6.45) is 0. The molecule has 3 rings (SSSR count). The molecule has 1 unspecified atom stereocenters. The van der Waals surface area contributed by atoms with Crippen LogP contribution in [-0.4, -0.2) is 43.5 Å². The van der Waals surface area contributed by atoms with Crippen LogP contribution in [-0.2, 0) is 6.54 Å². The van der Waals surface area contributed by atoms with Gasteiger partial charge in [-0.2, -0.15) is 0 Å². The Balaban J connectivity index is 2.29. The Morgan fingerprint density at radius 1 is 1.08 bits per heavy atom. The molecule has 3 nitrogen and oxygen atoms in total. The Labute approximate surface area is 145 Å². The fourth-order valence-corrected chi connectivity index (χ4v) is 8.98. The molecule has 0 saturated heterocycles. The number of nitrogens with zero attached hydrogens (tertiary/aromatic N) is 1. The third-order valence-corrected chi connectivity index (χ3v) is 11.8. The van der Waals surface area contributed by atoms with E-state index in [0.29, 0.717) is 6.54 Å². The van der Waals surface area contributed by atoms with Gasteiger partial charge in [-0.15, -0.1) is 0 Å². The van der Waals surface area contributed by atoms with Gasteiger partial charge >= 0.3 is 0 Å². The maximum Gasteiger partial charge on any atom is 0.140 e. The number of para-hydroxylation sites is 1. The van der Waals surface area contributed by atoms with Crippen LogP contribution in [0.2, 0.25) is 6.55 Å². The largest absolute Gasteiger partial charge is 0.497 e. The van der Waals surface area contributed by atoms with E-state index in [4.69, 9.17) is 4.74 Å². The number of hydrogen-bond acceptors (Lipinski definition) is 3. The second-order valence-corrected chi connectivity index (χ2v) is 11.7. The van der Waals surface area contributed by atoms with E-state index in [1.54, 1.807) is 7.11 Å². The van der Waals surface area contributed by atoms with Gasteiger partial charge in [-0.05, 0) is 35.9 Å². The van der Waals surface area contributed by atoms with Crippen molar-refractivity contribution in [1.82, 2.24) is 4.90 Å². The molecular formula is C20H27NO2Si. The Hall–Kier alpha value is -1.62. The number of rotatable bonds is 4. The second-order valence-electron chi connectivity index (χ2n) is 7.19. The molecule has 1 aliphatic rings. The number of hydrogen-bond donors (Lipinski definition) is 1. The standard InChI is InChI=1S/C20H27NO2Si/c1-20(2)21(13-14-22)15-16-9-5-7-11-18(16)24(20,4)19-12-8-6-10-17(19)23-3/h5-12,22H,13-15H2,1-4H3. The van der Waals surface area contributed by atoms with Gasteiger partial charge in [-0.25, -0.2) is 0 Å². The van der Waals surface area contributed by atoms with Crippen molar-refractivity contribution < 1.29 is 9.84 Å². The van der Waals surface area contributed by atoms with Crippen molar-refractivity contribution in [2.75, 3.05) is 20.3 Å². The summed E-state index contributed by atoms with van der Waals surface area (Å²) in [5.74, 6) is 0.973. The first-order valence-electron chi connectivity index (χ1n) is 8.54. The van der Waals surface area contributed by atoms with Gasteiger partial charge in [-0.3, -0.25) is 4.90 Å². The lowest BCUT2D eigenvalue weighted by atomic mass is 10.1. The Kier molecular flexibility index (Phi) is 4.56. The van der Waals surface area contributed by atoms with E-state index in [0.717, 1.165) is 12.3 Å². The summed E-state index contributed by atoms with van der Waals surface area (Å²) in [6.45, 7) is 8.87. The lowest BCUT2D eigenvalue weighted by Gasteiger charge is -2.54. The van der Waals surface area contributed by atoms with Gasteiger partial charge in [0.05, 0.1) is 13.7 Å². The normalized spacial score (nSPS) is 22.9. The number of aliphatic hydroxyl groups excluding tert-OH is 1. The molecule has 0 aliphatic carbocycles. The summed E-state index contributed by atoms with van der Waals surface area (Å²) in [4.78, 5) is 2.44. The van der Waals surface area contributed by atoms with Gasteiger partial charge in [0.15, 0.2) is 0 Å². The smallest absolute Gasteiger partial charge is 0.140 e. The highest BCUT2D eigenvalue weighted by Gasteiger charge is 2.54. The molecule has 1 aliphatic heterocycles. The number of benzene rings is 2. The van der Waals surface area contributed by atoms with Crippen LogP contribution in [0, 0.1) is 0 Å². The number of fused-ring (bicyclic) bond motifs is 1. The van der Waals surface area contributed by atoms with Gasteiger partial charge in [0.25, 0.3) is 0 Å². The summed E-state index contributed by atoms with van der Waals surface area (Å²) in [7, 11) is -0.383. The van der Waals surface area contributed by atoms with Crippen LogP contribution in [0.1, 0.15) is 19.4 Å². The summed E-state index contributed by atoms with van der Waals surface area (Å²) >= 11 is 0. The zero-order chi connectivity index (χ0) is 17.4. The zero-order valence-corrected chi connectivity index (χ0v) is 16.0. The van der Waals surface area contributed by atoms with Crippen LogP contribution in [0.15, 0.2) is 48.5 Å². The molecule has 2 aromatic carbocycles. The van der Waals surface area contributed by atoms with E-state index in [2.05, 4.69) is 67.8 Å². The van der Waals surface area contributed by atoms with Crippen LogP contribution in [0.3, 0.4) is 0 Å². The van der Waals surface area contributed by atoms with Crippen LogP contribution in [0.25, 0.3) is 0 Å². The van der Waals surface area contributed by atoms with Gasteiger partial charge in [-0.1, -0.05) is 49.0 Å². The van der Waals surface area contributed by atoms with Gasteiger partial charge in [0, 0.05) is 18.3 Å². The molecule has 0 bridgehead atoms. The van der Waals surface area contributed by atoms with Crippen molar-refractivity contribution in [3.63, 3.8) is 0 Å². The van der Waals surface area contributed by atoms with Crippen molar-refractivity contribution in [1.29, 1.82) is 0 Å². The molecule has 24 heavy (non-hydrogen) atoms. The molecule has 128 valence electrons. The highest BCUT2D eigenvalue weighted by molar-refractivity contribution is 7.04. The number of aliphatic hydroxyl groups is 1. The first-order chi connectivity index (χ1) is 11.5. The highest BCUT2D eigenvalue weighted by atomic mass is 28.3. The SMILES string of the molecule is COc1ccccc1[Si]1(C)c2ccccc2CN(CCO)C1(C)C. The Morgan fingerprint density at radius 2 is 1.71 bits per heavy atom. The molecule has 2 aromatic rings. The molecule has 4 heteroatoms. The predicted molar refractivity (Wildman–Crippen MR) is 102 cm³/mol. The first kappa shape index (κ1) is 17.2. The van der Waals surface area contributed by atoms with E-state index in [1.165, 1.54) is 15.9 Å². The third kappa shape index (κ3) is 2.41. The molecule has 0 saturated carbocycles. The van der Waals surface area contributed by atoms with Gasteiger partial charge in [0.1, 0.15) is 13.8 Å². The van der Waals surface area contributed by atoms with Gasteiger partial charge < -0.3 is 9.84 Å². The maximum atomic E-state index is 9.59. The number of β-amino-alcohol motifs (C(OH)–C–C–N with tert-alkyl or cyclic N) is 1. The number of methoxy groups -OCH3 is 1. The fraction of sp³-hybridized carbons (Fsp3) is 0.400. The monoisotopic (exact) mass is 341 g/mol. The molecule has 0 spiro atoms. The van der Waals surface area contributed by atoms with E-state index < -0.39 is 8.07 Å². The highest BCUT2D eigenvalue weighted by Crippen LogP contribution is 2.34.